The summed E-state index contributed by atoms with van der Waals surface area (Å²) in [4.78, 5) is 10.9. The minimum Gasteiger partial charge on any atom is -0.477 e. The van der Waals surface area contributed by atoms with Crippen LogP contribution in [0.4, 0.5) is 0 Å². The summed E-state index contributed by atoms with van der Waals surface area (Å²) in [7, 11) is -0.974. The van der Waals surface area contributed by atoms with Crippen LogP contribution in [-0.2, 0) is 18.8 Å². The second-order valence-corrected chi connectivity index (χ2v) is 13.2. The van der Waals surface area contributed by atoms with Crippen LogP contribution in [0.25, 0.3) is 0 Å². The molecule has 35 heavy (non-hydrogen) atoms. The molecule has 206 valence electrons. The van der Waals surface area contributed by atoms with Crippen LogP contribution in [0.1, 0.15) is 110 Å². The molecular formula is C26H49O6PS2. The van der Waals surface area contributed by atoms with Gasteiger partial charge < -0.3 is 19.7 Å². The van der Waals surface area contributed by atoms with Gasteiger partial charge in [0.15, 0.2) is 0 Å². The van der Waals surface area contributed by atoms with Crippen molar-refractivity contribution in [3.8, 4) is 0 Å². The number of aliphatic carboxylic acids is 1. The highest BCUT2D eigenvalue weighted by atomic mass is 32.2. The lowest BCUT2D eigenvalue weighted by molar-refractivity contribution is -0.190. The van der Waals surface area contributed by atoms with Crippen LogP contribution in [0.2, 0.25) is 0 Å². The van der Waals surface area contributed by atoms with Crippen molar-refractivity contribution in [2.24, 2.45) is 0 Å². The molecule has 0 aliphatic heterocycles. The fraction of sp³-hybridized carbons (Fsp3) is 0.962. The van der Waals surface area contributed by atoms with E-state index in [-0.39, 0.29) is 12.7 Å². The van der Waals surface area contributed by atoms with E-state index in [1.165, 1.54) is 101 Å². The topological polar surface area (TPSA) is 93.1 Å². The second-order valence-electron chi connectivity index (χ2n) is 9.59. The van der Waals surface area contributed by atoms with Gasteiger partial charge in [-0.25, -0.2) is 4.79 Å². The molecule has 0 aromatic carbocycles. The van der Waals surface area contributed by atoms with E-state index in [9.17, 15) is 14.5 Å². The molecule has 0 saturated heterocycles. The van der Waals surface area contributed by atoms with Gasteiger partial charge in [-0.15, -0.1) is 0 Å². The number of carboxylic acid groups (broad SMARTS) is 1. The summed E-state index contributed by atoms with van der Waals surface area (Å²) in [5.41, 5.74) is -2.67. The normalized spacial score (nSPS) is 18.4. The molecule has 9 heteroatoms. The van der Waals surface area contributed by atoms with Gasteiger partial charge in [0.05, 0.1) is 12.7 Å². The number of ether oxygens (including phenoxy) is 2. The van der Waals surface area contributed by atoms with Crippen LogP contribution in [0.3, 0.4) is 0 Å². The first-order chi connectivity index (χ1) is 16.9. The third-order valence-electron chi connectivity index (χ3n) is 6.49. The first-order valence-corrected chi connectivity index (χ1v) is 16.6. The molecule has 0 radical (unpaired) electrons. The highest BCUT2D eigenvalue weighted by Gasteiger charge is 2.38. The summed E-state index contributed by atoms with van der Waals surface area (Å²) >= 11 is 4.22. The van der Waals surface area contributed by atoms with Gasteiger partial charge in [-0.1, -0.05) is 64.7 Å². The molecular weight excluding hydrogens is 503 g/mol. The molecule has 0 amide bonds. The van der Waals surface area contributed by atoms with Gasteiger partial charge in [-0.05, 0) is 57.0 Å². The van der Waals surface area contributed by atoms with Gasteiger partial charge in [-0.2, -0.15) is 23.5 Å². The summed E-state index contributed by atoms with van der Waals surface area (Å²) in [6.07, 6.45) is 18.9. The van der Waals surface area contributed by atoms with Crippen LogP contribution < -0.4 is 0 Å². The fourth-order valence-corrected chi connectivity index (χ4v) is 7.22. The summed E-state index contributed by atoms with van der Waals surface area (Å²) in [5.74, 6) is 0.964. The zero-order valence-electron chi connectivity index (χ0n) is 22.0. The number of thioether (sulfide) groups is 2. The molecule has 1 aliphatic carbocycles. The van der Waals surface area contributed by atoms with Gasteiger partial charge in [0.25, 0.3) is 0 Å². The Morgan fingerprint density at radius 2 is 1.66 bits per heavy atom. The van der Waals surface area contributed by atoms with Crippen molar-refractivity contribution in [2.75, 3.05) is 24.7 Å². The van der Waals surface area contributed by atoms with E-state index in [1.807, 2.05) is 0 Å². The molecule has 1 saturated carbocycles. The average Bonchev–Trinajstić information content (AvgIpc) is 2.86. The monoisotopic (exact) mass is 552 g/mol. The number of unbranched alkanes of at least 4 members (excludes halogenated alkanes) is 6. The summed E-state index contributed by atoms with van der Waals surface area (Å²) in [6, 6.07) is 0. The Hall–Kier alpha value is 0.150. The third kappa shape index (κ3) is 15.9. The van der Waals surface area contributed by atoms with E-state index >= 15 is 0 Å². The molecule has 1 fully saturated rings. The maximum atomic E-state index is 10.9. The quantitative estimate of drug-likeness (QED) is 0.0764. The van der Waals surface area contributed by atoms with E-state index < -0.39 is 20.0 Å². The zero-order valence-corrected chi connectivity index (χ0v) is 24.5. The molecule has 3 unspecified atom stereocenters. The maximum Gasteiger partial charge on any atom is 0.377 e. The number of carbonyl (C=O) groups is 1. The number of aliphatic hydroxyl groups is 1. The molecule has 3 atom stereocenters. The zero-order chi connectivity index (χ0) is 25.8. The van der Waals surface area contributed by atoms with Gasteiger partial charge >= 0.3 is 11.5 Å². The Labute approximate surface area is 223 Å². The van der Waals surface area contributed by atoms with Crippen LogP contribution in [0.5, 0.6) is 0 Å². The lowest BCUT2D eigenvalue weighted by Gasteiger charge is -2.30. The van der Waals surface area contributed by atoms with Crippen LogP contribution in [-0.4, -0.2) is 63.0 Å². The minimum absolute atomic E-state index is 0.0257. The highest BCUT2D eigenvalue weighted by molar-refractivity contribution is 8.00. The van der Waals surface area contributed by atoms with Crippen molar-refractivity contribution in [3.63, 3.8) is 0 Å². The molecule has 2 N–H and O–H groups in total. The molecule has 0 bridgehead atoms. The fourth-order valence-electron chi connectivity index (χ4n) is 4.28. The van der Waals surface area contributed by atoms with Gasteiger partial charge in [0.2, 0.25) is 8.46 Å². The van der Waals surface area contributed by atoms with Crippen LogP contribution >= 0.6 is 32.0 Å². The lowest BCUT2D eigenvalue weighted by Crippen LogP contribution is -2.36. The molecule has 6 nitrogen and oxygen atoms in total. The Morgan fingerprint density at radius 3 is 2.31 bits per heavy atom. The van der Waals surface area contributed by atoms with Crippen molar-refractivity contribution in [2.45, 2.75) is 132 Å². The smallest absolute Gasteiger partial charge is 0.377 e. The minimum atomic E-state index is -2.67. The Bertz CT molecular complexity index is 550. The number of rotatable bonds is 23. The van der Waals surface area contributed by atoms with Crippen LogP contribution in [0.15, 0.2) is 0 Å². The third-order valence-corrected chi connectivity index (χ3v) is 10.0. The summed E-state index contributed by atoms with van der Waals surface area (Å²) in [6.45, 7) is 4.79. The van der Waals surface area contributed by atoms with Crippen molar-refractivity contribution >= 4 is 38.0 Å². The van der Waals surface area contributed by atoms with Crippen molar-refractivity contribution < 1.29 is 29.0 Å². The maximum absolute atomic E-state index is 10.9. The predicted molar refractivity (Wildman–Crippen MR) is 149 cm³/mol. The van der Waals surface area contributed by atoms with Crippen molar-refractivity contribution in [3.05, 3.63) is 0 Å². The molecule has 1 rings (SSSR count). The number of hydrogen-bond donors (Lipinski definition) is 2. The molecule has 0 aromatic rings. The lowest BCUT2D eigenvalue weighted by atomic mass is 10.0. The van der Waals surface area contributed by atoms with Gasteiger partial charge in [-0.3, -0.25) is 4.57 Å². The molecule has 0 aromatic heterocycles. The van der Waals surface area contributed by atoms with E-state index in [0.29, 0.717) is 18.3 Å². The van der Waals surface area contributed by atoms with Crippen LogP contribution in [0, 0.1) is 0 Å². The molecule has 0 spiro atoms. The van der Waals surface area contributed by atoms with Gasteiger partial charge in [0.1, 0.15) is 0 Å². The van der Waals surface area contributed by atoms with Crippen molar-refractivity contribution in [1.29, 1.82) is 0 Å². The average molecular weight is 553 g/mol. The van der Waals surface area contributed by atoms with E-state index in [4.69, 9.17) is 14.6 Å². The van der Waals surface area contributed by atoms with E-state index in [1.54, 1.807) is 0 Å². The van der Waals surface area contributed by atoms with Gasteiger partial charge in [0, 0.05) is 17.1 Å². The van der Waals surface area contributed by atoms with E-state index in [2.05, 4.69) is 37.4 Å². The first kappa shape index (κ1) is 33.2. The predicted octanol–water partition coefficient (Wildman–Crippen LogP) is 7.52. The highest BCUT2D eigenvalue weighted by Crippen LogP contribution is 2.35. The van der Waals surface area contributed by atoms with E-state index in [0.717, 1.165) is 5.25 Å². The first-order valence-electron chi connectivity index (χ1n) is 13.7. The second kappa shape index (κ2) is 21.1. The summed E-state index contributed by atoms with van der Waals surface area (Å²) in [5, 5.41) is 19.7. The molecule has 0 heterocycles. The summed E-state index contributed by atoms with van der Waals surface area (Å²) < 4.78 is 21.9. The number of hydrogen-bond acceptors (Lipinski definition) is 7. The standard InChI is InChI=1S/C26H49O6PS2/c1-3-4-12-20-34-21-13-7-5-6-11-17-24(35-23-15-9-8-10-16-23)22(2)31-18-14-19-32-26(29,33-30)25(27)28/h22-24,29H,3-21H2,1-2H3,(H,27,28). The largest absolute Gasteiger partial charge is 0.477 e. The SMILES string of the molecule is CCCCCSCCCCCCCC(SC1CCCCC1)C(C)OCCCOC(O)(P=O)C(=O)O. The molecule has 1 aliphatic rings. The Morgan fingerprint density at radius 1 is 1.00 bits per heavy atom. The Balaban J connectivity index is 2.28. The number of carboxylic acids is 1. The van der Waals surface area contributed by atoms with Crippen molar-refractivity contribution in [1.82, 2.24) is 0 Å². The Kier molecular flexibility index (Phi) is 20.0.